The van der Waals surface area contributed by atoms with Crippen molar-refractivity contribution >= 4 is 11.4 Å². The van der Waals surface area contributed by atoms with Gasteiger partial charge in [-0.2, -0.15) is 13.2 Å². The molecule has 0 aromatic heterocycles. The average molecular weight is 292 g/mol. The normalized spacial score (nSPS) is 11.4. The molecule has 1 N–H and O–H groups in total. The molecule has 0 saturated heterocycles. The Balaban J connectivity index is 2.56. The van der Waals surface area contributed by atoms with E-state index in [2.05, 4.69) is 5.32 Å². The van der Waals surface area contributed by atoms with Crippen LogP contribution in [0.1, 0.15) is 18.4 Å². The van der Waals surface area contributed by atoms with Gasteiger partial charge in [-0.15, -0.1) is 0 Å². The zero-order chi connectivity index (χ0) is 15.2. The molecule has 1 aromatic carbocycles. The van der Waals surface area contributed by atoms with Crippen LogP contribution >= 0.6 is 0 Å². The van der Waals surface area contributed by atoms with E-state index in [9.17, 15) is 23.3 Å². The molecule has 0 bridgehead atoms. The summed E-state index contributed by atoms with van der Waals surface area (Å²) in [5.41, 5.74) is 0.755. The van der Waals surface area contributed by atoms with E-state index in [1.165, 1.54) is 19.2 Å². The predicted octanol–water partition coefficient (Wildman–Crippen LogP) is 3.50. The first-order valence-electron chi connectivity index (χ1n) is 5.93. The molecule has 1 rings (SSSR count). The lowest BCUT2D eigenvalue weighted by molar-refractivity contribution is -0.384. The van der Waals surface area contributed by atoms with Gasteiger partial charge in [0.25, 0.3) is 5.69 Å². The Bertz CT molecular complexity index is 464. The van der Waals surface area contributed by atoms with Crippen molar-refractivity contribution in [2.45, 2.75) is 25.6 Å². The number of alkyl halides is 3. The molecule has 5 nitrogen and oxygen atoms in total. The van der Waals surface area contributed by atoms with Crippen molar-refractivity contribution in [1.82, 2.24) is 0 Å². The number of benzene rings is 1. The Morgan fingerprint density at radius 2 is 2.10 bits per heavy atom. The first kappa shape index (κ1) is 16.2. The molecule has 0 aliphatic rings. The molecule has 0 heterocycles. The lowest BCUT2D eigenvalue weighted by Crippen LogP contribution is -2.09. The predicted molar refractivity (Wildman–Crippen MR) is 67.6 cm³/mol. The Kier molecular flexibility index (Phi) is 5.75. The van der Waals surface area contributed by atoms with Crippen molar-refractivity contribution in [3.8, 4) is 0 Å². The summed E-state index contributed by atoms with van der Waals surface area (Å²) in [5, 5.41) is 13.5. The van der Waals surface area contributed by atoms with Gasteiger partial charge in [-0.05, 0) is 6.42 Å². The van der Waals surface area contributed by atoms with Gasteiger partial charge in [0.15, 0.2) is 0 Å². The Morgan fingerprint density at radius 3 is 2.65 bits per heavy atom. The molecule has 112 valence electrons. The van der Waals surface area contributed by atoms with Crippen molar-refractivity contribution in [1.29, 1.82) is 0 Å². The fourth-order valence-corrected chi connectivity index (χ4v) is 1.70. The maximum Gasteiger partial charge on any atom is 0.389 e. The topological polar surface area (TPSA) is 64.4 Å². The van der Waals surface area contributed by atoms with Crippen LogP contribution in [0, 0.1) is 10.1 Å². The second-order valence-corrected chi connectivity index (χ2v) is 4.09. The number of anilines is 1. The number of nitrogens with zero attached hydrogens (tertiary/aromatic N) is 1. The number of para-hydroxylation sites is 1. The van der Waals surface area contributed by atoms with Gasteiger partial charge in [0, 0.05) is 31.7 Å². The number of hydrogen-bond donors (Lipinski definition) is 1. The van der Waals surface area contributed by atoms with E-state index in [4.69, 9.17) is 4.74 Å². The van der Waals surface area contributed by atoms with Crippen molar-refractivity contribution < 1.29 is 22.8 Å². The van der Waals surface area contributed by atoms with Gasteiger partial charge in [0.05, 0.1) is 11.5 Å². The molecule has 0 aliphatic carbocycles. The number of hydrogen-bond acceptors (Lipinski definition) is 4. The summed E-state index contributed by atoms with van der Waals surface area (Å²) in [7, 11) is 1.54. The van der Waals surface area contributed by atoms with Crippen LogP contribution in [0.3, 0.4) is 0 Å². The molecule has 0 spiro atoms. The molecular formula is C12H15F3N2O3. The number of nitrogens with one attached hydrogen (secondary N) is 1. The second-order valence-electron chi connectivity index (χ2n) is 4.09. The standard InChI is InChI=1S/C12H15F3N2O3/c1-16-11-9(4-2-5-10(11)17(18)19)8-20-7-3-6-12(13,14)15/h2,4-5,16H,3,6-8H2,1H3. The van der Waals surface area contributed by atoms with Crippen LogP contribution in [0.15, 0.2) is 18.2 Å². The zero-order valence-corrected chi connectivity index (χ0v) is 10.9. The summed E-state index contributed by atoms with van der Waals surface area (Å²) in [5.74, 6) is 0. The van der Waals surface area contributed by atoms with Gasteiger partial charge in [-0.1, -0.05) is 12.1 Å². The highest BCUT2D eigenvalue weighted by Crippen LogP contribution is 2.28. The Labute approximate surface area is 113 Å². The van der Waals surface area contributed by atoms with Gasteiger partial charge >= 0.3 is 6.18 Å². The third-order valence-electron chi connectivity index (χ3n) is 2.58. The van der Waals surface area contributed by atoms with E-state index in [1.807, 2.05) is 0 Å². The number of nitro groups is 1. The third-order valence-corrected chi connectivity index (χ3v) is 2.58. The average Bonchev–Trinajstić information content (AvgIpc) is 2.36. The summed E-state index contributed by atoms with van der Waals surface area (Å²) in [6.45, 7) is -0.0267. The molecular weight excluding hydrogens is 277 g/mol. The van der Waals surface area contributed by atoms with E-state index in [-0.39, 0.29) is 25.3 Å². The van der Waals surface area contributed by atoms with E-state index in [0.29, 0.717) is 11.3 Å². The molecule has 0 saturated carbocycles. The SMILES string of the molecule is CNc1c(COCCCC(F)(F)F)cccc1[N+](=O)[O-]. The van der Waals surface area contributed by atoms with Crippen molar-refractivity contribution in [3.05, 3.63) is 33.9 Å². The van der Waals surface area contributed by atoms with Gasteiger partial charge in [-0.25, -0.2) is 0 Å². The fraction of sp³-hybridized carbons (Fsp3) is 0.500. The van der Waals surface area contributed by atoms with Crippen LogP contribution in [-0.2, 0) is 11.3 Å². The van der Waals surface area contributed by atoms with Crippen LogP contribution in [0.5, 0.6) is 0 Å². The van der Waals surface area contributed by atoms with Crippen LogP contribution in [0.25, 0.3) is 0 Å². The minimum absolute atomic E-state index is 0.0235. The van der Waals surface area contributed by atoms with E-state index in [1.54, 1.807) is 6.07 Å². The third kappa shape index (κ3) is 5.04. The lowest BCUT2D eigenvalue weighted by atomic mass is 10.1. The summed E-state index contributed by atoms with van der Waals surface area (Å²) >= 11 is 0. The van der Waals surface area contributed by atoms with Gasteiger partial charge < -0.3 is 10.1 Å². The highest BCUT2D eigenvalue weighted by molar-refractivity contribution is 5.65. The maximum atomic E-state index is 11.9. The second kappa shape index (κ2) is 7.09. The summed E-state index contributed by atoms with van der Waals surface area (Å²) in [6.07, 6.45) is -5.22. The molecule has 0 fully saturated rings. The quantitative estimate of drug-likeness (QED) is 0.474. The van der Waals surface area contributed by atoms with Crippen LogP contribution in [0.4, 0.5) is 24.5 Å². The highest BCUT2D eigenvalue weighted by atomic mass is 19.4. The first-order valence-corrected chi connectivity index (χ1v) is 5.93. The molecule has 20 heavy (non-hydrogen) atoms. The number of ether oxygens (including phenoxy) is 1. The van der Waals surface area contributed by atoms with Crippen LogP contribution in [-0.4, -0.2) is 24.8 Å². The van der Waals surface area contributed by atoms with E-state index in [0.717, 1.165) is 0 Å². The fourth-order valence-electron chi connectivity index (χ4n) is 1.70. The van der Waals surface area contributed by atoms with Crippen molar-refractivity contribution in [2.75, 3.05) is 19.0 Å². The Morgan fingerprint density at radius 1 is 1.40 bits per heavy atom. The van der Waals surface area contributed by atoms with Crippen LogP contribution < -0.4 is 5.32 Å². The molecule has 0 aliphatic heterocycles. The molecule has 1 aromatic rings. The number of nitro benzene ring substituents is 1. The van der Waals surface area contributed by atoms with Gasteiger partial charge in [0.2, 0.25) is 0 Å². The molecule has 0 amide bonds. The summed E-state index contributed by atoms with van der Waals surface area (Å²) in [6, 6.07) is 4.48. The van der Waals surface area contributed by atoms with E-state index >= 15 is 0 Å². The lowest BCUT2D eigenvalue weighted by Gasteiger charge is -2.10. The monoisotopic (exact) mass is 292 g/mol. The van der Waals surface area contributed by atoms with E-state index < -0.39 is 17.5 Å². The molecule has 0 radical (unpaired) electrons. The van der Waals surface area contributed by atoms with Crippen molar-refractivity contribution in [3.63, 3.8) is 0 Å². The van der Waals surface area contributed by atoms with Crippen LogP contribution in [0.2, 0.25) is 0 Å². The molecule has 8 heteroatoms. The van der Waals surface area contributed by atoms with Crippen molar-refractivity contribution in [2.24, 2.45) is 0 Å². The highest BCUT2D eigenvalue weighted by Gasteiger charge is 2.26. The first-order chi connectivity index (χ1) is 9.35. The smallest absolute Gasteiger partial charge is 0.382 e. The number of halogens is 3. The molecule has 0 unspecified atom stereocenters. The summed E-state index contributed by atoms with van der Waals surface area (Å²) in [4.78, 5) is 10.3. The van der Waals surface area contributed by atoms with Gasteiger partial charge in [-0.3, -0.25) is 10.1 Å². The largest absolute Gasteiger partial charge is 0.389 e. The minimum Gasteiger partial charge on any atom is -0.382 e. The number of rotatable bonds is 7. The summed E-state index contributed by atoms with van der Waals surface area (Å²) < 4.78 is 40.9. The zero-order valence-electron chi connectivity index (χ0n) is 10.9. The Hall–Kier alpha value is -1.83. The minimum atomic E-state index is -4.19. The maximum absolute atomic E-state index is 11.9. The molecule has 0 atom stereocenters. The van der Waals surface area contributed by atoms with Gasteiger partial charge in [0.1, 0.15) is 5.69 Å².